The Kier molecular flexibility index (Phi) is 4.46. The number of thiophene rings is 1. The molecule has 0 unspecified atom stereocenters. The molecule has 0 aliphatic carbocycles. The predicted molar refractivity (Wildman–Crippen MR) is 94.1 cm³/mol. The van der Waals surface area contributed by atoms with Gasteiger partial charge in [0.2, 0.25) is 0 Å². The average molecular weight is 349 g/mol. The molecule has 1 aliphatic rings. The third-order valence-electron chi connectivity index (χ3n) is 4.58. The van der Waals surface area contributed by atoms with Crippen molar-refractivity contribution in [1.29, 1.82) is 0 Å². The monoisotopic (exact) mass is 349 g/mol. The zero-order valence-electron chi connectivity index (χ0n) is 14.3. The second-order valence-corrected chi connectivity index (χ2v) is 7.93. The molecule has 0 aromatic carbocycles. The molecule has 1 aliphatic heterocycles. The van der Waals surface area contributed by atoms with Crippen molar-refractivity contribution in [1.82, 2.24) is 0 Å². The van der Waals surface area contributed by atoms with Crippen LogP contribution in [-0.2, 0) is 15.9 Å². The molecule has 0 saturated carbocycles. The lowest BCUT2D eigenvalue weighted by atomic mass is 9.83. The summed E-state index contributed by atoms with van der Waals surface area (Å²) in [5.41, 5.74) is 4.32. The fraction of sp³-hybridized carbons (Fsp3) is 0.412. The van der Waals surface area contributed by atoms with Crippen LogP contribution in [-0.4, -0.2) is 18.3 Å². The van der Waals surface area contributed by atoms with E-state index in [1.54, 1.807) is 12.1 Å². The van der Waals surface area contributed by atoms with Crippen LogP contribution in [0.15, 0.2) is 40.7 Å². The van der Waals surface area contributed by atoms with Crippen molar-refractivity contribution in [2.75, 3.05) is 0 Å². The van der Waals surface area contributed by atoms with Gasteiger partial charge in [-0.25, -0.2) is 4.39 Å². The van der Waals surface area contributed by atoms with Gasteiger partial charge < -0.3 is 19.5 Å². The Labute approximate surface area is 145 Å². The minimum Gasteiger partial charge on any atom is -0.464 e. The lowest BCUT2D eigenvalue weighted by Crippen LogP contribution is -2.41. The molecule has 0 atom stereocenters. The quantitative estimate of drug-likeness (QED) is 0.842. The molecule has 2 N–H and O–H groups in total. The zero-order chi connectivity index (χ0) is 17.5. The van der Waals surface area contributed by atoms with Crippen LogP contribution in [0.4, 0.5) is 4.39 Å². The smallest absolute Gasteiger partial charge is 0.464 e. The van der Waals surface area contributed by atoms with E-state index in [-0.39, 0.29) is 0 Å². The van der Waals surface area contributed by atoms with Crippen LogP contribution in [0.25, 0.3) is 5.57 Å². The topological polar surface area (TPSA) is 57.6 Å². The van der Waals surface area contributed by atoms with Crippen molar-refractivity contribution in [3.63, 3.8) is 0 Å². The number of halogens is 1. The second kappa shape index (κ2) is 6.15. The highest BCUT2D eigenvalue weighted by atomic mass is 32.1. The Bertz CT molecular complexity index is 736. The summed E-state index contributed by atoms with van der Waals surface area (Å²) in [5, 5.41) is 0. The first-order chi connectivity index (χ1) is 11.2. The van der Waals surface area contributed by atoms with Gasteiger partial charge in [0.25, 0.3) is 0 Å². The fourth-order valence-electron chi connectivity index (χ4n) is 2.46. The summed E-state index contributed by atoms with van der Waals surface area (Å²) in [4.78, 5) is 1.70. The SMILES string of the molecule is CC1(C)OB(C(F)=C(c2ccco2)c2ccc(CN)s2)OC1(C)C. The van der Waals surface area contributed by atoms with Gasteiger partial charge in [0.1, 0.15) is 11.5 Å². The van der Waals surface area contributed by atoms with E-state index in [4.69, 9.17) is 19.5 Å². The fourth-order valence-corrected chi connectivity index (χ4v) is 3.40. The molecule has 0 radical (unpaired) electrons. The molecule has 2 aromatic rings. The summed E-state index contributed by atoms with van der Waals surface area (Å²) in [5.74, 6) is 0.438. The minimum absolute atomic E-state index is 0.350. The molecule has 128 valence electrons. The van der Waals surface area contributed by atoms with E-state index in [2.05, 4.69) is 0 Å². The highest BCUT2D eigenvalue weighted by Gasteiger charge is 2.53. The van der Waals surface area contributed by atoms with Gasteiger partial charge in [-0.05, 0) is 52.0 Å². The molecule has 2 aromatic heterocycles. The van der Waals surface area contributed by atoms with Crippen molar-refractivity contribution < 1.29 is 18.1 Å². The van der Waals surface area contributed by atoms with E-state index in [1.807, 2.05) is 39.8 Å². The summed E-state index contributed by atoms with van der Waals surface area (Å²) in [7, 11) is -1.07. The number of hydrogen-bond acceptors (Lipinski definition) is 5. The molecule has 24 heavy (non-hydrogen) atoms. The lowest BCUT2D eigenvalue weighted by Gasteiger charge is -2.32. The van der Waals surface area contributed by atoms with Gasteiger partial charge in [-0.1, -0.05) is 0 Å². The van der Waals surface area contributed by atoms with Crippen molar-refractivity contribution >= 4 is 24.0 Å². The molecule has 0 amide bonds. The summed E-state index contributed by atoms with van der Waals surface area (Å²) < 4.78 is 32.5. The Morgan fingerprint density at radius 3 is 2.33 bits per heavy atom. The van der Waals surface area contributed by atoms with E-state index in [1.165, 1.54) is 17.6 Å². The molecule has 3 rings (SSSR count). The van der Waals surface area contributed by atoms with Crippen LogP contribution in [0.5, 0.6) is 0 Å². The van der Waals surface area contributed by atoms with Crippen LogP contribution in [0.3, 0.4) is 0 Å². The van der Waals surface area contributed by atoms with Gasteiger partial charge in [-0.2, -0.15) is 0 Å². The first-order valence-corrected chi connectivity index (χ1v) is 8.65. The van der Waals surface area contributed by atoms with E-state index in [0.717, 1.165) is 9.75 Å². The predicted octanol–water partition coefficient (Wildman–Crippen LogP) is 4.16. The van der Waals surface area contributed by atoms with Crippen molar-refractivity contribution in [3.05, 3.63) is 51.8 Å². The molecular weight excluding hydrogens is 328 g/mol. The molecular formula is C17H21BFNO3S. The van der Waals surface area contributed by atoms with Gasteiger partial charge in [-0.3, -0.25) is 0 Å². The van der Waals surface area contributed by atoms with Gasteiger partial charge in [0.05, 0.1) is 23.0 Å². The van der Waals surface area contributed by atoms with Crippen LogP contribution in [0, 0.1) is 0 Å². The Morgan fingerprint density at radius 2 is 1.83 bits per heavy atom. The van der Waals surface area contributed by atoms with Gasteiger partial charge in [0, 0.05) is 16.3 Å². The van der Waals surface area contributed by atoms with Gasteiger partial charge in [-0.15, -0.1) is 11.3 Å². The summed E-state index contributed by atoms with van der Waals surface area (Å²) in [6.45, 7) is 7.98. The van der Waals surface area contributed by atoms with E-state index in [0.29, 0.717) is 17.9 Å². The number of rotatable bonds is 4. The van der Waals surface area contributed by atoms with Crippen molar-refractivity contribution in [2.24, 2.45) is 5.73 Å². The normalized spacial score (nSPS) is 20.3. The standard InChI is InChI=1S/C17H21BFNO3S/c1-16(2)17(3,4)23-18(22-16)15(19)14(12-6-5-9-21-12)13-8-7-11(10-20)24-13/h5-9H,10,20H2,1-4H3. The van der Waals surface area contributed by atoms with Gasteiger partial charge >= 0.3 is 7.12 Å². The van der Waals surface area contributed by atoms with E-state index in [9.17, 15) is 0 Å². The molecule has 4 nitrogen and oxygen atoms in total. The lowest BCUT2D eigenvalue weighted by molar-refractivity contribution is 0.00578. The third-order valence-corrected chi connectivity index (χ3v) is 5.70. The Morgan fingerprint density at radius 1 is 1.17 bits per heavy atom. The first kappa shape index (κ1) is 17.4. The number of furan rings is 1. The molecule has 1 fully saturated rings. The van der Waals surface area contributed by atoms with Crippen molar-refractivity contribution in [2.45, 2.75) is 45.4 Å². The third kappa shape index (κ3) is 2.97. The van der Waals surface area contributed by atoms with Crippen LogP contribution >= 0.6 is 11.3 Å². The maximum Gasteiger partial charge on any atom is 0.526 e. The maximum absolute atomic E-state index is 15.4. The molecule has 3 heterocycles. The van der Waals surface area contributed by atoms with Gasteiger partial charge in [0.15, 0.2) is 0 Å². The zero-order valence-corrected chi connectivity index (χ0v) is 15.1. The number of nitrogens with two attached hydrogens (primary N) is 1. The first-order valence-electron chi connectivity index (χ1n) is 7.83. The van der Waals surface area contributed by atoms with E-state index >= 15 is 4.39 Å². The number of hydrogen-bond donors (Lipinski definition) is 1. The van der Waals surface area contributed by atoms with E-state index < -0.39 is 24.0 Å². The second-order valence-electron chi connectivity index (χ2n) is 6.76. The summed E-state index contributed by atoms with van der Waals surface area (Å²) in [6, 6.07) is 7.18. The van der Waals surface area contributed by atoms with Crippen molar-refractivity contribution in [3.8, 4) is 0 Å². The molecule has 1 saturated heterocycles. The molecule has 7 heteroatoms. The largest absolute Gasteiger partial charge is 0.526 e. The van der Waals surface area contributed by atoms with Crippen LogP contribution in [0.1, 0.15) is 43.2 Å². The molecule has 0 spiro atoms. The van der Waals surface area contributed by atoms with Crippen LogP contribution < -0.4 is 5.73 Å². The minimum atomic E-state index is -1.07. The average Bonchev–Trinajstić information content (AvgIpc) is 3.21. The summed E-state index contributed by atoms with van der Waals surface area (Å²) in [6.07, 6.45) is 1.52. The Hall–Kier alpha value is -1.41. The highest BCUT2D eigenvalue weighted by molar-refractivity contribution is 7.13. The Balaban J connectivity index is 2.06. The maximum atomic E-state index is 15.4. The summed E-state index contributed by atoms with van der Waals surface area (Å²) >= 11 is 1.43. The highest BCUT2D eigenvalue weighted by Crippen LogP contribution is 2.42. The molecule has 0 bridgehead atoms. The van der Waals surface area contributed by atoms with Crippen LogP contribution in [0.2, 0.25) is 0 Å².